The average Bonchev–Trinajstić information content (AvgIpc) is 2.85. The second-order valence-corrected chi connectivity index (χ2v) is 5.14. The van der Waals surface area contributed by atoms with E-state index >= 15 is 0 Å². The quantitative estimate of drug-likeness (QED) is 0.821. The molecule has 0 aliphatic heterocycles. The van der Waals surface area contributed by atoms with Gasteiger partial charge in [-0.05, 0) is 30.9 Å². The Bertz CT molecular complexity index is 514. The number of rotatable bonds is 2. The van der Waals surface area contributed by atoms with Crippen molar-refractivity contribution in [3.63, 3.8) is 0 Å². The predicted octanol–water partition coefficient (Wildman–Crippen LogP) is 2.86. The summed E-state index contributed by atoms with van der Waals surface area (Å²) in [6.07, 6.45) is 3.75. The molecule has 1 aliphatic rings. The fraction of sp³-hybridized carbons (Fsp3) is 0.364. The van der Waals surface area contributed by atoms with E-state index in [9.17, 15) is 0 Å². The maximum atomic E-state index is 5.90. The molecule has 3 N–H and O–H groups in total. The number of nitrogen functional groups attached to an aromatic ring is 1. The number of nitrogens with one attached hydrogen (secondary N) is 1. The van der Waals surface area contributed by atoms with Crippen molar-refractivity contribution in [2.75, 3.05) is 5.73 Å². The molecule has 0 amide bonds. The molecular weight excluding hydrogens is 254 g/mol. The van der Waals surface area contributed by atoms with Gasteiger partial charge in [-0.2, -0.15) is 0 Å². The number of H-pyrrole nitrogens is 1. The lowest BCUT2D eigenvalue weighted by molar-refractivity contribution is 0.788. The fourth-order valence-corrected chi connectivity index (χ4v) is 2.33. The Labute approximate surface area is 96.2 Å². The second kappa shape index (κ2) is 3.23. The lowest BCUT2D eigenvalue weighted by atomic mass is 10.3. The smallest absolute Gasteiger partial charge is 0.112 e. The summed E-state index contributed by atoms with van der Waals surface area (Å²) in [5.41, 5.74) is 8.56. The van der Waals surface area contributed by atoms with Gasteiger partial charge in [0.05, 0.1) is 11.2 Å². The minimum Gasteiger partial charge on any atom is -0.397 e. The number of anilines is 1. The molecule has 0 bridgehead atoms. The first-order valence-corrected chi connectivity index (χ1v) is 5.95. The van der Waals surface area contributed by atoms with Crippen LogP contribution < -0.4 is 5.73 Å². The molecule has 0 saturated heterocycles. The van der Waals surface area contributed by atoms with Gasteiger partial charge in [-0.1, -0.05) is 15.9 Å². The van der Waals surface area contributed by atoms with E-state index in [1.807, 2.05) is 12.1 Å². The monoisotopic (exact) mass is 265 g/mol. The highest BCUT2D eigenvalue weighted by Gasteiger charge is 2.23. The third-order valence-electron chi connectivity index (χ3n) is 2.81. The number of fused-ring (bicyclic) bond motifs is 1. The molecule has 0 spiro atoms. The molecule has 1 fully saturated rings. The number of hydrogen-bond acceptors (Lipinski definition) is 2. The van der Waals surface area contributed by atoms with Gasteiger partial charge in [-0.15, -0.1) is 0 Å². The third-order valence-corrected chi connectivity index (χ3v) is 3.27. The van der Waals surface area contributed by atoms with E-state index < -0.39 is 0 Å². The van der Waals surface area contributed by atoms with Crippen molar-refractivity contribution in [2.45, 2.75) is 19.3 Å². The molecule has 3 nitrogen and oxygen atoms in total. The Kier molecular flexibility index (Phi) is 1.99. The fourth-order valence-electron chi connectivity index (χ4n) is 1.85. The van der Waals surface area contributed by atoms with Gasteiger partial charge in [0.2, 0.25) is 0 Å². The van der Waals surface area contributed by atoms with Crippen LogP contribution >= 0.6 is 15.9 Å². The molecule has 1 heterocycles. The highest BCUT2D eigenvalue weighted by Crippen LogP contribution is 2.33. The van der Waals surface area contributed by atoms with Gasteiger partial charge >= 0.3 is 0 Å². The largest absolute Gasteiger partial charge is 0.397 e. The maximum Gasteiger partial charge on any atom is 0.112 e. The van der Waals surface area contributed by atoms with Gasteiger partial charge in [0.25, 0.3) is 0 Å². The molecule has 2 aromatic rings. The first kappa shape index (κ1) is 9.21. The van der Waals surface area contributed by atoms with E-state index in [0.717, 1.165) is 39.4 Å². The topological polar surface area (TPSA) is 54.7 Å². The predicted molar refractivity (Wildman–Crippen MR) is 64.6 cm³/mol. The lowest BCUT2D eigenvalue weighted by Gasteiger charge is -1.94. The summed E-state index contributed by atoms with van der Waals surface area (Å²) in [7, 11) is 0. The summed E-state index contributed by atoms with van der Waals surface area (Å²) < 4.78 is 0.995. The van der Waals surface area contributed by atoms with E-state index in [-0.39, 0.29) is 0 Å². The zero-order valence-corrected chi connectivity index (χ0v) is 9.84. The van der Waals surface area contributed by atoms with Gasteiger partial charge in [0.1, 0.15) is 11.3 Å². The van der Waals surface area contributed by atoms with Crippen molar-refractivity contribution in [1.82, 2.24) is 9.97 Å². The average molecular weight is 266 g/mol. The number of halogens is 1. The van der Waals surface area contributed by atoms with Gasteiger partial charge < -0.3 is 10.7 Å². The van der Waals surface area contributed by atoms with E-state index in [4.69, 9.17) is 5.73 Å². The van der Waals surface area contributed by atoms with Crippen LogP contribution in [0, 0.1) is 5.92 Å². The zero-order valence-electron chi connectivity index (χ0n) is 8.26. The van der Waals surface area contributed by atoms with Crippen LogP contribution in [-0.2, 0) is 6.42 Å². The molecule has 0 atom stereocenters. The third kappa shape index (κ3) is 1.74. The number of aromatic amines is 1. The van der Waals surface area contributed by atoms with Gasteiger partial charge in [0.15, 0.2) is 0 Å². The summed E-state index contributed by atoms with van der Waals surface area (Å²) in [5.74, 6) is 1.91. The van der Waals surface area contributed by atoms with Gasteiger partial charge in [-0.3, -0.25) is 0 Å². The van der Waals surface area contributed by atoms with E-state index in [0.29, 0.717) is 0 Å². The normalized spacial score (nSPS) is 16.1. The lowest BCUT2D eigenvalue weighted by Crippen LogP contribution is -1.89. The van der Waals surface area contributed by atoms with Crippen LogP contribution in [0.2, 0.25) is 0 Å². The Morgan fingerprint density at radius 1 is 1.47 bits per heavy atom. The van der Waals surface area contributed by atoms with Crippen LogP contribution in [0.3, 0.4) is 0 Å². The number of nitrogens with zero attached hydrogens (tertiary/aromatic N) is 1. The van der Waals surface area contributed by atoms with Crippen LogP contribution in [0.15, 0.2) is 16.6 Å². The van der Waals surface area contributed by atoms with Gasteiger partial charge in [0, 0.05) is 10.9 Å². The summed E-state index contributed by atoms with van der Waals surface area (Å²) >= 11 is 3.43. The van der Waals surface area contributed by atoms with Gasteiger partial charge in [-0.25, -0.2) is 4.98 Å². The molecule has 1 aromatic heterocycles. The van der Waals surface area contributed by atoms with Crippen molar-refractivity contribution in [3.05, 3.63) is 22.4 Å². The summed E-state index contributed by atoms with van der Waals surface area (Å²) in [5, 5.41) is 0. The van der Waals surface area contributed by atoms with E-state index in [1.54, 1.807) is 0 Å². The van der Waals surface area contributed by atoms with E-state index in [2.05, 4.69) is 25.9 Å². The van der Waals surface area contributed by atoms with Crippen LogP contribution in [0.25, 0.3) is 11.0 Å². The SMILES string of the molecule is Nc1cc(Br)cc2[nH]c(CC3CC3)nc12. The molecular formula is C11H12BrN3. The molecule has 15 heavy (non-hydrogen) atoms. The van der Waals surface area contributed by atoms with Crippen molar-refractivity contribution >= 4 is 32.7 Å². The van der Waals surface area contributed by atoms with Crippen molar-refractivity contribution in [2.24, 2.45) is 5.92 Å². The summed E-state index contributed by atoms with van der Waals surface area (Å²) in [6, 6.07) is 3.92. The van der Waals surface area contributed by atoms with Crippen LogP contribution in [0.4, 0.5) is 5.69 Å². The van der Waals surface area contributed by atoms with Crippen molar-refractivity contribution < 1.29 is 0 Å². The first-order chi connectivity index (χ1) is 7.22. The molecule has 0 unspecified atom stereocenters. The van der Waals surface area contributed by atoms with Crippen molar-refractivity contribution in [1.29, 1.82) is 0 Å². The molecule has 1 aliphatic carbocycles. The molecule has 4 heteroatoms. The maximum absolute atomic E-state index is 5.90. The van der Waals surface area contributed by atoms with Crippen LogP contribution in [-0.4, -0.2) is 9.97 Å². The highest BCUT2D eigenvalue weighted by atomic mass is 79.9. The molecule has 1 aromatic carbocycles. The van der Waals surface area contributed by atoms with E-state index in [1.165, 1.54) is 12.8 Å². The van der Waals surface area contributed by atoms with Crippen molar-refractivity contribution in [3.8, 4) is 0 Å². The summed E-state index contributed by atoms with van der Waals surface area (Å²) in [6.45, 7) is 0. The minimum atomic E-state index is 0.734. The number of nitrogens with two attached hydrogens (primary N) is 1. The first-order valence-electron chi connectivity index (χ1n) is 5.16. The molecule has 78 valence electrons. The molecule has 3 rings (SSSR count). The highest BCUT2D eigenvalue weighted by molar-refractivity contribution is 9.10. The number of aromatic nitrogens is 2. The number of benzene rings is 1. The van der Waals surface area contributed by atoms with Crippen LogP contribution in [0.5, 0.6) is 0 Å². The second-order valence-electron chi connectivity index (χ2n) is 4.22. The number of imidazole rings is 1. The Balaban J connectivity index is 2.07. The Hall–Kier alpha value is -1.03. The Morgan fingerprint density at radius 3 is 3.00 bits per heavy atom. The number of hydrogen-bond donors (Lipinski definition) is 2. The standard InChI is InChI=1S/C11H12BrN3/c12-7-4-8(13)11-9(5-7)14-10(15-11)3-6-1-2-6/h4-6H,1-3,13H2,(H,14,15). The zero-order chi connectivity index (χ0) is 10.4. The molecule has 1 saturated carbocycles. The van der Waals surface area contributed by atoms with Crippen LogP contribution in [0.1, 0.15) is 18.7 Å². The Morgan fingerprint density at radius 2 is 2.27 bits per heavy atom. The minimum absolute atomic E-state index is 0.734. The summed E-state index contributed by atoms with van der Waals surface area (Å²) in [4.78, 5) is 7.86. The molecule has 0 radical (unpaired) electrons.